The van der Waals surface area contributed by atoms with E-state index < -0.39 is 5.54 Å². The summed E-state index contributed by atoms with van der Waals surface area (Å²) in [5.41, 5.74) is -0.586. The van der Waals surface area contributed by atoms with Crippen LogP contribution >= 0.6 is 0 Å². The second-order valence-electron chi connectivity index (χ2n) is 5.12. The van der Waals surface area contributed by atoms with Gasteiger partial charge in [0.25, 0.3) is 5.91 Å². The van der Waals surface area contributed by atoms with Gasteiger partial charge in [0.2, 0.25) is 0 Å². The van der Waals surface area contributed by atoms with Gasteiger partial charge < -0.3 is 10.6 Å². The average Bonchev–Trinajstić information content (AvgIpc) is 3.06. The van der Waals surface area contributed by atoms with E-state index in [4.69, 9.17) is 0 Å². The highest BCUT2D eigenvalue weighted by Crippen LogP contribution is 2.33. The molecule has 3 aliphatic rings. The van der Waals surface area contributed by atoms with E-state index in [1.54, 1.807) is 0 Å². The summed E-state index contributed by atoms with van der Waals surface area (Å²) in [6.07, 6.45) is 3.76. The minimum atomic E-state index is -0.586. The second-order valence-corrected chi connectivity index (χ2v) is 5.12. The molecule has 1 spiro atoms. The predicted octanol–water partition coefficient (Wildman–Crippen LogP) is 0.0704. The van der Waals surface area contributed by atoms with Gasteiger partial charge in [0.15, 0.2) is 0 Å². The quantitative estimate of drug-likeness (QED) is 0.651. The Kier molecular flexibility index (Phi) is 2.17. The Bertz CT molecular complexity index is 332. The van der Waals surface area contributed by atoms with Gasteiger partial charge in [0.1, 0.15) is 5.54 Å². The summed E-state index contributed by atoms with van der Waals surface area (Å²) < 4.78 is 0. The van der Waals surface area contributed by atoms with Crippen molar-refractivity contribution in [3.05, 3.63) is 0 Å². The molecule has 0 bridgehead atoms. The Balaban J connectivity index is 1.77. The number of rotatable bonds is 2. The molecular formula is C11H17N3O2. The average molecular weight is 223 g/mol. The van der Waals surface area contributed by atoms with Gasteiger partial charge in [-0.3, -0.25) is 9.69 Å². The SMILES string of the molecule is O=C1NC2(CCNCC2)C(=O)N1CC1CC1. The molecule has 1 aliphatic carbocycles. The minimum absolute atomic E-state index is 0.00546. The van der Waals surface area contributed by atoms with E-state index in [1.165, 1.54) is 4.90 Å². The third-order valence-electron chi connectivity index (χ3n) is 3.84. The minimum Gasteiger partial charge on any atom is -0.323 e. The highest BCUT2D eigenvalue weighted by molar-refractivity contribution is 6.07. The number of imide groups is 1. The van der Waals surface area contributed by atoms with Crippen molar-refractivity contribution in [1.29, 1.82) is 0 Å². The zero-order chi connectivity index (χ0) is 11.2. The first-order chi connectivity index (χ1) is 7.71. The Morgan fingerprint density at radius 1 is 1.25 bits per heavy atom. The lowest BCUT2D eigenvalue weighted by molar-refractivity contribution is -0.132. The van der Waals surface area contributed by atoms with Crippen molar-refractivity contribution in [2.24, 2.45) is 5.92 Å². The first-order valence-corrected chi connectivity index (χ1v) is 6.06. The van der Waals surface area contributed by atoms with E-state index in [0.717, 1.165) is 38.8 Å². The number of piperidine rings is 1. The molecule has 2 N–H and O–H groups in total. The van der Waals surface area contributed by atoms with E-state index in [0.29, 0.717) is 12.5 Å². The number of nitrogens with zero attached hydrogens (tertiary/aromatic N) is 1. The fourth-order valence-electron chi connectivity index (χ4n) is 2.59. The largest absolute Gasteiger partial charge is 0.325 e. The van der Waals surface area contributed by atoms with E-state index in [1.807, 2.05) is 0 Å². The molecule has 2 aliphatic heterocycles. The van der Waals surface area contributed by atoms with Gasteiger partial charge in [-0.1, -0.05) is 0 Å². The van der Waals surface area contributed by atoms with E-state index in [2.05, 4.69) is 10.6 Å². The standard InChI is InChI=1S/C11H17N3O2/c15-9-11(3-5-12-6-4-11)13-10(16)14(9)7-8-1-2-8/h8,12H,1-7H2,(H,13,16). The van der Waals surface area contributed by atoms with Crippen LogP contribution in [0.1, 0.15) is 25.7 Å². The third-order valence-corrected chi connectivity index (χ3v) is 3.84. The molecule has 5 heteroatoms. The van der Waals surface area contributed by atoms with Crippen molar-refractivity contribution < 1.29 is 9.59 Å². The maximum Gasteiger partial charge on any atom is 0.325 e. The van der Waals surface area contributed by atoms with Gasteiger partial charge in [-0.15, -0.1) is 0 Å². The summed E-state index contributed by atoms with van der Waals surface area (Å²) in [4.78, 5) is 25.5. The Labute approximate surface area is 94.6 Å². The van der Waals surface area contributed by atoms with Crippen LogP contribution in [-0.4, -0.2) is 42.0 Å². The van der Waals surface area contributed by atoms with Crippen molar-refractivity contribution in [2.75, 3.05) is 19.6 Å². The molecule has 0 aromatic carbocycles. The Hall–Kier alpha value is -1.10. The van der Waals surface area contributed by atoms with Crippen molar-refractivity contribution >= 4 is 11.9 Å². The first-order valence-electron chi connectivity index (χ1n) is 6.06. The fraction of sp³-hybridized carbons (Fsp3) is 0.818. The summed E-state index contributed by atoms with van der Waals surface area (Å²) in [5.74, 6) is 0.567. The van der Waals surface area contributed by atoms with Crippen LogP contribution in [0.5, 0.6) is 0 Å². The molecule has 3 fully saturated rings. The van der Waals surface area contributed by atoms with Crippen LogP contribution < -0.4 is 10.6 Å². The molecule has 1 saturated carbocycles. The molecular weight excluding hydrogens is 206 g/mol. The zero-order valence-electron chi connectivity index (χ0n) is 9.29. The van der Waals surface area contributed by atoms with Crippen molar-refractivity contribution in [1.82, 2.24) is 15.5 Å². The lowest BCUT2D eigenvalue weighted by Gasteiger charge is -2.31. The summed E-state index contributed by atoms with van der Waals surface area (Å²) in [7, 11) is 0. The number of nitrogens with one attached hydrogen (secondary N) is 2. The summed E-state index contributed by atoms with van der Waals surface area (Å²) in [6.45, 7) is 2.24. The van der Waals surface area contributed by atoms with Crippen LogP contribution in [0.2, 0.25) is 0 Å². The molecule has 16 heavy (non-hydrogen) atoms. The monoisotopic (exact) mass is 223 g/mol. The zero-order valence-corrected chi connectivity index (χ0v) is 9.29. The molecule has 5 nitrogen and oxygen atoms in total. The topological polar surface area (TPSA) is 61.4 Å². The molecule has 0 aromatic heterocycles. The molecule has 3 amide bonds. The number of hydrogen-bond donors (Lipinski definition) is 2. The van der Waals surface area contributed by atoms with Crippen LogP contribution in [0.25, 0.3) is 0 Å². The maximum atomic E-state index is 12.3. The van der Waals surface area contributed by atoms with Gasteiger partial charge in [-0.05, 0) is 44.7 Å². The van der Waals surface area contributed by atoms with Crippen LogP contribution in [0.3, 0.4) is 0 Å². The molecule has 2 saturated heterocycles. The number of carbonyl (C=O) groups excluding carboxylic acids is 2. The van der Waals surface area contributed by atoms with Gasteiger partial charge >= 0.3 is 6.03 Å². The summed E-state index contributed by atoms with van der Waals surface area (Å²) >= 11 is 0. The normalized spacial score (nSPS) is 28.6. The Morgan fingerprint density at radius 2 is 1.94 bits per heavy atom. The molecule has 0 aromatic rings. The lowest BCUT2D eigenvalue weighted by atomic mass is 9.88. The molecule has 0 radical (unpaired) electrons. The number of urea groups is 1. The smallest absolute Gasteiger partial charge is 0.323 e. The molecule has 3 rings (SSSR count). The highest BCUT2D eigenvalue weighted by atomic mass is 16.2. The van der Waals surface area contributed by atoms with Crippen LogP contribution in [-0.2, 0) is 4.79 Å². The van der Waals surface area contributed by atoms with Crippen LogP contribution in [0, 0.1) is 5.92 Å². The lowest BCUT2D eigenvalue weighted by Crippen LogP contribution is -2.53. The van der Waals surface area contributed by atoms with Crippen molar-refractivity contribution in [2.45, 2.75) is 31.2 Å². The maximum absolute atomic E-state index is 12.3. The van der Waals surface area contributed by atoms with Crippen molar-refractivity contribution in [3.8, 4) is 0 Å². The predicted molar refractivity (Wildman–Crippen MR) is 57.8 cm³/mol. The second kappa shape index (κ2) is 3.45. The summed E-state index contributed by atoms with van der Waals surface area (Å²) in [5, 5.41) is 6.12. The molecule has 2 heterocycles. The number of hydrogen-bond acceptors (Lipinski definition) is 3. The van der Waals surface area contributed by atoms with E-state index >= 15 is 0 Å². The number of amides is 3. The van der Waals surface area contributed by atoms with Gasteiger partial charge in [-0.2, -0.15) is 0 Å². The van der Waals surface area contributed by atoms with Gasteiger partial charge in [0, 0.05) is 6.54 Å². The van der Waals surface area contributed by atoms with Crippen LogP contribution in [0.4, 0.5) is 4.79 Å². The Morgan fingerprint density at radius 3 is 2.56 bits per heavy atom. The summed E-state index contributed by atoms with van der Waals surface area (Å²) in [6, 6.07) is -0.182. The van der Waals surface area contributed by atoms with Crippen LogP contribution in [0.15, 0.2) is 0 Å². The number of carbonyl (C=O) groups is 2. The third kappa shape index (κ3) is 1.50. The van der Waals surface area contributed by atoms with E-state index in [-0.39, 0.29) is 11.9 Å². The van der Waals surface area contributed by atoms with E-state index in [9.17, 15) is 9.59 Å². The van der Waals surface area contributed by atoms with Crippen molar-refractivity contribution in [3.63, 3.8) is 0 Å². The van der Waals surface area contributed by atoms with Gasteiger partial charge in [-0.25, -0.2) is 4.79 Å². The molecule has 88 valence electrons. The molecule has 0 unspecified atom stereocenters. The fourth-order valence-corrected chi connectivity index (χ4v) is 2.59. The van der Waals surface area contributed by atoms with Gasteiger partial charge in [0.05, 0.1) is 0 Å². The highest BCUT2D eigenvalue weighted by Gasteiger charge is 2.52. The molecule has 0 atom stereocenters. The first kappa shape index (κ1) is 10.1.